The lowest BCUT2D eigenvalue weighted by Crippen LogP contribution is -2.20. The molecule has 0 fully saturated rings. The Morgan fingerprint density at radius 1 is 1.56 bits per heavy atom. The van der Waals surface area contributed by atoms with Crippen molar-refractivity contribution < 1.29 is 9.53 Å². The van der Waals surface area contributed by atoms with Crippen molar-refractivity contribution in [3.63, 3.8) is 0 Å². The number of esters is 1. The van der Waals surface area contributed by atoms with Gasteiger partial charge in [-0.2, -0.15) is 0 Å². The van der Waals surface area contributed by atoms with Gasteiger partial charge in [0, 0.05) is 5.02 Å². The lowest BCUT2D eigenvalue weighted by molar-refractivity contribution is -0.142. The summed E-state index contributed by atoms with van der Waals surface area (Å²) in [5.41, 5.74) is 0.963. The summed E-state index contributed by atoms with van der Waals surface area (Å²) in [5, 5.41) is 3.37. The van der Waals surface area contributed by atoms with Gasteiger partial charge >= 0.3 is 5.97 Å². The number of nitrogens with zero attached hydrogens (tertiary/aromatic N) is 1. The molecule has 5 heteroatoms. The molecule has 0 aliphatic rings. The van der Waals surface area contributed by atoms with E-state index in [0.717, 1.165) is 5.56 Å². The quantitative estimate of drug-likeness (QED) is 0.588. The molecule has 86 valence electrons. The van der Waals surface area contributed by atoms with Crippen LogP contribution in [0.3, 0.4) is 0 Å². The molecule has 1 unspecified atom stereocenters. The van der Waals surface area contributed by atoms with Gasteiger partial charge in [0.15, 0.2) is 6.04 Å². The number of hydrogen-bond donors (Lipinski definition) is 0. The van der Waals surface area contributed by atoms with Crippen molar-refractivity contribution in [3.05, 3.63) is 39.8 Å². The number of benzene rings is 1. The highest BCUT2D eigenvalue weighted by molar-refractivity contribution is 6.30. The maximum atomic E-state index is 11.1. The van der Waals surface area contributed by atoms with Crippen LogP contribution in [0.1, 0.15) is 12.0 Å². The monoisotopic (exact) mass is 241 g/mol. The Kier molecular flexibility index (Phi) is 4.92. The van der Waals surface area contributed by atoms with Crippen molar-refractivity contribution in [2.24, 2.45) is 5.18 Å². The maximum absolute atomic E-state index is 11.1. The number of rotatable bonds is 5. The third-order valence-electron chi connectivity index (χ3n) is 2.20. The molecule has 1 aromatic rings. The molecule has 0 aliphatic heterocycles. The van der Waals surface area contributed by atoms with Crippen LogP contribution in [0.2, 0.25) is 5.02 Å². The summed E-state index contributed by atoms with van der Waals surface area (Å²) >= 11 is 5.81. The first-order valence-electron chi connectivity index (χ1n) is 4.82. The fourth-order valence-electron chi connectivity index (χ4n) is 1.35. The minimum Gasteiger partial charge on any atom is -0.467 e. The van der Waals surface area contributed by atoms with Crippen LogP contribution in [-0.4, -0.2) is 19.1 Å². The molecule has 0 saturated carbocycles. The predicted molar refractivity (Wildman–Crippen MR) is 61.4 cm³/mol. The average Bonchev–Trinajstić information content (AvgIpc) is 2.29. The molecular formula is C11H12ClNO3. The van der Waals surface area contributed by atoms with Gasteiger partial charge in [0.1, 0.15) is 0 Å². The van der Waals surface area contributed by atoms with E-state index < -0.39 is 12.0 Å². The number of halogens is 1. The van der Waals surface area contributed by atoms with E-state index in [1.165, 1.54) is 7.11 Å². The van der Waals surface area contributed by atoms with Gasteiger partial charge in [-0.3, -0.25) is 0 Å². The van der Waals surface area contributed by atoms with Crippen molar-refractivity contribution in [2.75, 3.05) is 7.11 Å². The SMILES string of the molecule is COC(=O)C(CCc1cccc(Cl)c1)N=O. The molecule has 0 bridgehead atoms. The highest BCUT2D eigenvalue weighted by Gasteiger charge is 2.19. The van der Waals surface area contributed by atoms with Gasteiger partial charge in [0.25, 0.3) is 0 Å². The zero-order chi connectivity index (χ0) is 12.0. The summed E-state index contributed by atoms with van der Waals surface area (Å²) in [6.07, 6.45) is 0.891. The molecule has 0 saturated heterocycles. The number of methoxy groups -OCH3 is 1. The molecule has 0 aliphatic carbocycles. The van der Waals surface area contributed by atoms with Gasteiger partial charge in [-0.25, -0.2) is 4.79 Å². The maximum Gasteiger partial charge on any atom is 0.334 e. The van der Waals surface area contributed by atoms with Gasteiger partial charge in [0.2, 0.25) is 0 Å². The number of hydrogen-bond acceptors (Lipinski definition) is 4. The van der Waals surface area contributed by atoms with Crippen LogP contribution in [-0.2, 0) is 16.0 Å². The Morgan fingerprint density at radius 3 is 2.88 bits per heavy atom. The van der Waals surface area contributed by atoms with Gasteiger partial charge in [-0.15, -0.1) is 4.91 Å². The highest BCUT2D eigenvalue weighted by Crippen LogP contribution is 2.14. The zero-order valence-corrected chi connectivity index (χ0v) is 9.61. The van der Waals surface area contributed by atoms with Crippen molar-refractivity contribution in [3.8, 4) is 0 Å². The molecule has 0 heterocycles. The van der Waals surface area contributed by atoms with Crippen molar-refractivity contribution in [1.29, 1.82) is 0 Å². The smallest absolute Gasteiger partial charge is 0.334 e. The molecule has 1 rings (SSSR count). The third-order valence-corrected chi connectivity index (χ3v) is 2.43. The van der Waals surface area contributed by atoms with Crippen LogP contribution in [0.15, 0.2) is 29.4 Å². The van der Waals surface area contributed by atoms with Crippen LogP contribution < -0.4 is 0 Å². The Hall–Kier alpha value is -1.42. The normalized spacial score (nSPS) is 11.9. The minimum absolute atomic E-state index is 0.330. The second-order valence-corrected chi connectivity index (χ2v) is 3.75. The summed E-state index contributed by atoms with van der Waals surface area (Å²) in [4.78, 5) is 21.5. The third kappa shape index (κ3) is 3.62. The second kappa shape index (κ2) is 6.23. The van der Waals surface area contributed by atoms with Gasteiger partial charge in [-0.05, 0) is 30.5 Å². The molecule has 0 N–H and O–H groups in total. The van der Waals surface area contributed by atoms with Crippen molar-refractivity contribution in [2.45, 2.75) is 18.9 Å². The Balaban J connectivity index is 2.56. The molecule has 16 heavy (non-hydrogen) atoms. The first-order valence-corrected chi connectivity index (χ1v) is 5.20. The Bertz CT molecular complexity index is 381. The van der Waals surface area contributed by atoms with Gasteiger partial charge in [0.05, 0.1) is 7.11 Å². The van der Waals surface area contributed by atoms with Crippen LogP contribution >= 0.6 is 11.6 Å². The van der Waals surface area contributed by atoms with Gasteiger partial charge < -0.3 is 4.74 Å². The topological polar surface area (TPSA) is 55.7 Å². The standard InChI is InChI=1S/C11H12ClNO3/c1-16-11(14)10(13-15)6-5-8-3-2-4-9(12)7-8/h2-4,7,10H,5-6H2,1H3. The summed E-state index contributed by atoms with van der Waals surface area (Å²) in [6, 6.07) is 6.31. The van der Waals surface area contributed by atoms with E-state index in [9.17, 15) is 9.70 Å². The van der Waals surface area contributed by atoms with Crippen LogP contribution in [0.4, 0.5) is 0 Å². The van der Waals surface area contributed by atoms with Gasteiger partial charge in [-0.1, -0.05) is 28.9 Å². The lowest BCUT2D eigenvalue weighted by Gasteiger charge is -2.06. The molecule has 1 atom stereocenters. The number of carbonyl (C=O) groups excluding carboxylic acids is 1. The second-order valence-electron chi connectivity index (χ2n) is 3.31. The molecule has 1 aromatic carbocycles. The van der Waals surface area contributed by atoms with Crippen LogP contribution in [0.5, 0.6) is 0 Å². The summed E-state index contributed by atoms with van der Waals surface area (Å²) < 4.78 is 4.46. The largest absolute Gasteiger partial charge is 0.467 e. The summed E-state index contributed by atoms with van der Waals surface area (Å²) in [6.45, 7) is 0. The van der Waals surface area contributed by atoms with E-state index in [4.69, 9.17) is 11.6 Å². The minimum atomic E-state index is -0.941. The average molecular weight is 242 g/mol. The number of carbonyl (C=O) groups is 1. The van der Waals surface area contributed by atoms with E-state index in [1.54, 1.807) is 12.1 Å². The number of nitroso groups, excluding NO2 is 1. The Morgan fingerprint density at radius 2 is 2.31 bits per heavy atom. The predicted octanol–water partition coefficient (Wildman–Crippen LogP) is 2.58. The molecular weight excluding hydrogens is 230 g/mol. The fourth-order valence-corrected chi connectivity index (χ4v) is 1.56. The number of aryl methyl sites for hydroxylation is 1. The van der Waals surface area contributed by atoms with Crippen LogP contribution in [0, 0.1) is 4.91 Å². The molecule has 4 nitrogen and oxygen atoms in total. The number of ether oxygens (including phenoxy) is 1. The van der Waals surface area contributed by atoms with E-state index in [2.05, 4.69) is 9.91 Å². The first-order chi connectivity index (χ1) is 7.67. The Labute approximate surface area is 98.5 Å². The molecule has 0 radical (unpaired) electrons. The van der Waals surface area contributed by atoms with E-state index >= 15 is 0 Å². The lowest BCUT2D eigenvalue weighted by atomic mass is 10.1. The highest BCUT2D eigenvalue weighted by atomic mass is 35.5. The van der Waals surface area contributed by atoms with E-state index in [-0.39, 0.29) is 0 Å². The van der Waals surface area contributed by atoms with Crippen molar-refractivity contribution in [1.82, 2.24) is 0 Å². The fraction of sp³-hybridized carbons (Fsp3) is 0.364. The summed E-state index contributed by atoms with van der Waals surface area (Å²) in [7, 11) is 1.24. The molecule has 0 spiro atoms. The van der Waals surface area contributed by atoms with E-state index in [0.29, 0.717) is 17.9 Å². The van der Waals surface area contributed by atoms with Crippen LogP contribution in [0.25, 0.3) is 0 Å². The zero-order valence-electron chi connectivity index (χ0n) is 8.85. The first kappa shape index (κ1) is 12.6. The van der Waals surface area contributed by atoms with Crippen molar-refractivity contribution >= 4 is 17.6 Å². The summed E-state index contributed by atoms with van der Waals surface area (Å²) in [5.74, 6) is -0.600. The van der Waals surface area contributed by atoms with E-state index in [1.807, 2.05) is 12.1 Å². The molecule has 0 amide bonds. The molecule has 0 aromatic heterocycles.